The molecule has 102 valence electrons. The van der Waals surface area contributed by atoms with Gasteiger partial charge in [-0.3, -0.25) is 4.57 Å². The number of fused-ring (bicyclic) bond motifs is 1. The fourth-order valence-electron chi connectivity index (χ4n) is 2.14. The number of halogens is 1. The molecule has 0 atom stereocenters. The number of H-pyrrole nitrogens is 1. The number of methoxy groups -OCH3 is 1. The van der Waals surface area contributed by atoms with E-state index in [1.165, 1.54) is 0 Å². The Labute approximate surface area is 129 Å². The molecular formula is C14H12BrN3OS. The van der Waals surface area contributed by atoms with Gasteiger partial charge in [-0.2, -0.15) is 4.98 Å². The lowest BCUT2D eigenvalue weighted by atomic mass is 10.2. The quantitative estimate of drug-likeness (QED) is 0.706. The van der Waals surface area contributed by atoms with Crippen LogP contribution in [0, 0.1) is 11.7 Å². The molecule has 3 rings (SSSR count). The summed E-state index contributed by atoms with van der Waals surface area (Å²) >= 11 is 8.97. The van der Waals surface area contributed by atoms with Gasteiger partial charge in [0.05, 0.1) is 18.3 Å². The average Bonchev–Trinajstić information content (AvgIpc) is 2.77. The Balaban J connectivity index is 2.38. The summed E-state index contributed by atoms with van der Waals surface area (Å²) < 4.78 is 8.77. The summed E-state index contributed by atoms with van der Waals surface area (Å²) in [5.74, 6) is 0.563. The van der Waals surface area contributed by atoms with Crippen molar-refractivity contribution < 1.29 is 4.74 Å². The monoisotopic (exact) mass is 349 g/mol. The summed E-state index contributed by atoms with van der Waals surface area (Å²) in [4.78, 5) is 7.66. The Morgan fingerprint density at radius 3 is 2.85 bits per heavy atom. The minimum absolute atomic E-state index is 0.563. The molecule has 1 aromatic carbocycles. The van der Waals surface area contributed by atoms with Crippen LogP contribution in [0.4, 0.5) is 0 Å². The number of nitrogens with one attached hydrogen (secondary N) is 1. The molecule has 6 heteroatoms. The van der Waals surface area contributed by atoms with Gasteiger partial charge in [0.1, 0.15) is 0 Å². The summed E-state index contributed by atoms with van der Waals surface area (Å²) in [6.45, 7) is 2.04. The molecule has 0 aliphatic heterocycles. The van der Waals surface area contributed by atoms with Crippen LogP contribution in [-0.2, 0) is 0 Å². The first-order valence-electron chi connectivity index (χ1n) is 6.03. The van der Waals surface area contributed by atoms with Gasteiger partial charge in [-0.1, -0.05) is 22.0 Å². The highest BCUT2D eigenvalue weighted by molar-refractivity contribution is 9.10. The van der Waals surface area contributed by atoms with Crippen LogP contribution in [0.15, 0.2) is 34.8 Å². The van der Waals surface area contributed by atoms with Crippen molar-refractivity contribution in [2.24, 2.45) is 0 Å². The number of hydrogen-bond acceptors (Lipinski definition) is 3. The van der Waals surface area contributed by atoms with Gasteiger partial charge in [0.25, 0.3) is 0 Å². The van der Waals surface area contributed by atoms with Crippen molar-refractivity contribution in [2.45, 2.75) is 6.92 Å². The predicted molar refractivity (Wildman–Crippen MR) is 85.2 cm³/mol. The first kappa shape index (κ1) is 13.3. The van der Waals surface area contributed by atoms with Gasteiger partial charge in [0, 0.05) is 10.5 Å². The fourth-order valence-corrected chi connectivity index (χ4v) is 2.79. The summed E-state index contributed by atoms with van der Waals surface area (Å²) in [6.07, 6.45) is 0. The number of rotatable bonds is 2. The van der Waals surface area contributed by atoms with E-state index in [2.05, 4.69) is 25.9 Å². The molecule has 0 fully saturated rings. The van der Waals surface area contributed by atoms with E-state index >= 15 is 0 Å². The van der Waals surface area contributed by atoms with Gasteiger partial charge >= 0.3 is 0 Å². The molecule has 0 bridgehead atoms. The third-order valence-corrected chi connectivity index (χ3v) is 4.34. The number of aromatic amines is 1. The molecule has 2 heterocycles. The third kappa shape index (κ3) is 2.05. The number of nitrogens with zero attached hydrogens (tertiary/aromatic N) is 2. The number of pyridine rings is 1. The largest absolute Gasteiger partial charge is 0.481 e. The van der Waals surface area contributed by atoms with E-state index in [9.17, 15) is 0 Å². The number of imidazole rings is 1. The Morgan fingerprint density at radius 2 is 2.10 bits per heavy atom. The standard InChI is InChI=1S/C14H12BrN3OS/c1-8-9(15)4-3-5-11(8)18-13-10(16-14(18)20)6-7-12(17-13)19-2/h3-7H,1-2H3,(H,16,20). The van der Waals surface area contributed by atoms with E-state index in [1.807, 2.05) is 41.8 Å². The maximum absolute atomic E-state index is 5.43. The molecule has 0 unspecified atom stereocenters. The first-order chi connectivity index (χ1) is 9.61. The Kier molecular flexibility index (Phi) is 3.35. The van der Waals surface area contributed by atoms with Crippen molar-refractivity contribution in [3.05, 3.63) is 45.1 Å². The molecule has 2 aromatic heterocycles. The van der Waals surface area contributed by atoms with E-state index in [0.717, 1.165) is 26.9 Å². The van der Waals surface area contributed by atoms with E-state index in [4.69, 9.17) is 17.0 Å². The first-order valence-corrected chi connectivity index (χ1v) is 7.23. The topological polar surface area (TPSA) is 42.8 Å². The van der Waals surface area contributed by atoms with Crippen LogP contribution in [-0.4, -0.2) is 21.6 Å². The number of ether oxygens (including phenoxy) is 1. The summed E-state index contributed by atoms with van der Waals surface area (Å²) in [5, 5.41) is 0. The molecule has 0 radical (unpaired) electrons. The van der Waals surface area contributed by atoms with Crippen LogP contribution < -0.4 is 4.74 Å². The smallest absolute Gasteiger partial charge is 0.215 e. The Bertz CT molecular complexity index is 853. The predicted octanol–water partition coefficient (Wildman–Crippen LogP) is 4.16. The molecule has 0 amide bonds. The average molecular weight is 350 g/mol. The zero-order chi connectivity index (χ0) is 14.3. The van der Waals surface area contributed by atoms with Crippen molar-refractivity contribution in [3.8, 4) is 11.6 Å². The molecule has 1 N–H and O–H groups in total. The number of aromatic nitrogens is 3. The van der Waals surface area contributed by atoms with Crippen molar-refractivity contribution >= 4 is 39.3 Å². The van der Waals surface area contributed by atoms with E-state index in [-0.39, 0.29) is 0 Å². The van der Waals surface area contributed by atoms with E-state index in [0.29, 0.717) is 10.7 Å². The van der Waals surface area contributed by atoms with Crippen molar-refractivity contribution in [1.29, 1.82) is 0 Å². The second kappa shape index (κ2) is 5.03. The molecule has 4 nitrogen and oxygen atoms in total. The van der Waals surface area contributed by atoms with Crippen molar-refractivity contribution in [1.82, 2.24) is 14.5 Å². The van der Waals surface area contributed by atoms with Gasteiger partial charge in [-0.05, 0) is 42.9 Å². The van der Waals surface area contributed by atoms with Crippen LogP contribution in [0.1, 0.15) is 5.56 Å². The third-order valence-electron chi connectivity index (χ3n) is 3.20. The second-order valence-corrected chi connectivity index (χ2v) is 5.62. The van der Waals surface area contributed by atoms with Gasteiger partial charge in [0.15, 0.2) is 10.4 Å². The van der Waals surface area contributed by atoms with Crippen molar-refractivity contribution in [3.63, 3.8) is 0 Å². The second-order valence-electron chi connectivity index (χ2n) is 4.37. The maximum atomic E-state index is 5.43. The Hall–Kier alpha value is -1.66. The molecule has 0 aliphatic rings. The highest BCUT2D eigenvalue weighted by Crippen LogP contribution is 2.26. The summed E-state index contributed by atoms with van der Waals surface area (Å²) in [7, 11) is 1.60. The van der Waals surface area contributed by atoms with Crippen molar-refractivity contribution in [2.75, 3.05) is 7.11 Å². The highest BCUT2D eigenvalue weighted by Gasteiger charge is 2.12. The molecular weight excluding hydrogens is 338 g/mol. The number of hydrogen-bond donors (Lipinski definition) is 1. The molecule has 0 spiro atoms. The minimum atomic E-state index is 0.563. The highest BCUT2D eigenvalue weighted by atomic mass is 79.9. The van der Waals surface area contributed by atoms with E-state index in [1.54, 1.807) is 7.11 Å². The lowest BCUT2D eigenvalue weighted by Gasteiger charge is -2.09. The lowest BCUT2D eigenvalue weighted by Crippen LogP contribution is -1.99. The van der Waals surface area contributed by atoms with Crippen LogP contribution in [0.2, 0.25) is 0 Å². The van der Waals surface area contributed by atoms with Crippen LogP contribution in [0.25, 0.3) is 16.9 Å². The van der Waals surface area contributed by atoms with Gasteiger partial charge in [-0.15, -0.1) is 0 Å². The zero-order valence-electron chi connectivity index (χ0n) is 11.0. The molecule has 0 saturated heterocycles. The molecule has 20 heavy (non-hydrogen) atoms. The maximum Gasteiger partial charge on any atom is 0.215 e. The fraction of sp³-hybridized carbons (Fsp3) is 0.143. The minimum Gasteiger partial charge on any atom is -0.481 e. The zero-order valence-corrected chi connectivity index (χ0v) is 13.4. The molecule has 0 saturated carbocycles. The van der Waals surface area contributed by atoms with Gasteiger partial charge in [0.2, 0.25) is 5.88 Å². The lowest BCUT2D eigenvalue weighted by molar-refractivity contribution is 0.399. The van der Waals surface area contributed by atoms with Crippen LogP contribution >= 0.6 is 28.1 Å². The van der Waals surface area contributed by atoms with Gasteiger partial charge in [-0.25, -0.2) is 0 Å². The molecule has 3 aromatic rings. The Morgan fingerprint density at radius 1 is 1.30 bits per heavy atom. The summed E-state index contributed by atoms with van der Waals surface area (Å²) in [5.41, 5.74) is 3.75. The molecule has 0 aliphatic carbocycles. The van der Waals surface area contributed by atoms with Gasteiger partial charge < -0.3 is 9.72 Å². The normalized spacial score (nSPS) is 10.9. The van der Waals surface area contributed by atoms with Crippen LogP contribution in [0.3, 0.4) is 0 Å². The summed E-state index contributed by atoms with van der Waals surface area (Å²) in [6, 6.07) is 9.73. The van der Waals surface area contributed by atoms with E-state index < -0.39 is 0 Å². The number of benzene rings is 1. The SMILES string of the molecule is COc1ccc2[nH]c(=S)n(-c3cccc(Br)c3C)c2n1. The van der Waals surface area contributed by atoms with Crippen LogP contribution in [0.5, 0.6) is 5.88 Å².